The van der Waals surface area contributed by atoms with Gasteiger partial charge in [0.2, 0.25) is 0 Å². The molecule has 106 valence electrons. The summed E-state index contributed by atoms with van der Waals surface area (Å²) in [7, 11) is 1.69. The van der Waals surface area contributed by atoms with Gasteiger partial charge in [0.05, 0.1) is 12.5 Å². The average molecular weight is 282 g/mol. The molecule has 3 atom stereocenters. The van der Waals surface area contributed by atoms with E-state index >= 15 is 0 Å². The van der Waals surface area contributed by atoms with Crippen molar-refractivity contribution < 1.29 is 4.74 Å². The lowest BCUT2D eigenvalue weighted by atomic mass is 9.96. The van der Waals surface area contributed by atoms with E-state index in [1.54, 1.807) is 7.11 Å². The first-order valence-electron chi connectivity index (χ1n) is 7.15. The molecule has 0 bridgehead atoms. The topological polar surface area (TPSA) is 12.5 Å². The Morgan fingerprint density at radius 2 is 2.00 bits per heavy atom. The fraction of sp³-hybridized carbons (Fsp3) is 0.625. The average Bonchev–Trinajstić information content (AvgIpc) is 2.43. The molecule has 19 heavy (non-hydrogen) atoms. The van der Waals surface area contributed by atoms with Gasteiger partial charge in [0.25, 0.3) is 0 Å². The number of piperidine rings is 1. The summed E-state index contributed by atoms with van der Waals surface area (Å²) in [5, 5.41) is 0.0260. The number of hydrogen-bond donors (Lipinski definition) is 0. The fourth-order valence-electron chi connectivity index (χ4n) is 2.96. The van der Waals surface area contributed by atoms with Crippen molar-refractivity contribution in [1.82, 2.24) is 4.90 Å². The molecule has 0 radical (unpaired) electrons. The van der Waals surface area contributed by atoms with Crippen LogP contribution in [0.2, 0.25) is 0 Å². The zero-order valence-corrected chi connectivity index (χ0v) is 12.9. The minimum Gasteiger partial charge on any atom is -0.497 e. The number of benzene rings is 1. The minimum absolute atomic E-state index is 0.0260. The van der Waals surface area contributed by atoms with Crippen molar-refractivity contribution in [2.24, 2.45) is 0 Å². The van der Waals surface area contributed by atoms with Crippen LogP contribution in [0.4, 0.5) is 0 Å². The lowest BCUT2D eigenvalue weighted by Gasteiger charge is -2.40. The van der Waals surface area contributed by atoms with Crippen molar-refractivity contribution in [3.05, 3.63) is 29.8 Å². The van der Waals surface area contributed by atoms with Gasteiger partial charge < -0.3 is 4.74 Å². The Hall–Kier alpha value is -0.730. The molecule has 3 unspecified atom stereocenters. The molecule has 1 aromatic carbocycles. The van der Waals surface area contributed by atoms with Gasteiger partial charge in [-0.1, -0.05) is 18.6 Å². The first-order valence-corrected chi connectivity index (χ1v) is 7.59. The third-order valence-corrected chi connectivity index (χ3v) is 4.59. The van der Waals surface area contributed by atoms with Crippen molar-refractivity contribution >= 4 is 11.6 Å². The molecule has 2 rings (SSSR count). The summed E-state index contributed by atoms with van der Waals surface area (Å²) < 4.78 is 5.26. The zero-order valence-electron chi connectivity index (χ0n) is 12.1. The molecule has 0 aliphatic carbocycles. The summed E-state index contributed by atoms with van der Waals surface area (Å²) in [6, 6.07) is 9.36. The second kappa shape index (κ2) is 6.62. The number of ether oxygens (including phenoxy) is 1. The first-order chi connectivity index (χ1) is 9.11. The summed E-state index contributed by atoms with van der Waals surface area (Å²) in [4.78, 5) is 2.54. The van der Waals surface area contributed by atoms with Crippen LogP contribution in [-0.2, 0) is 0 Å². The smallest absolute Gasteiger partial charge is 0.119 e. The van der Waals surface area contributed by atoms with Crippen LogP contribution in [0.5, 0.6) is 5.75 Å². The van der Waals surface area contributed by atoms with E-state index < -0.39 is 0 Å². The molecular weight excluding hydrogens is 258 g/mol. The van der Waals surface area contributed by atoms with Gasteiger partial charge in [-0.05, 0) is 44.4 Å². The van der Waals surface area contributed by atoms with E-state index in [9.17, 15) is 0 Å². The number of alkyl halides is 1. The van der Waals surface area contributed by atoms with E-state index in [4.69, 9.17) is 16.3 Å². The molecule has 0 saturated carbocycles. The van der Waals surface area contributed by atoms with Gasteiger partial charge in [-0.3, -0.25) is 4.90 Å². The van der Waals surface area contributed by atoms with Crippen LogP contribution in [0.15, 0.2) is 24.3 Å². The van der Waals surface area contributed by atoms with Gasteiger partial charge in [-0.15, -0.1) is 11.6 Å². The van der Waals surface area contributed by atoms with Gasteiger partial charge in [0, 0.05) is 18.6 Å². The molecule has 0 aromatic heterocycles. The largest absolute Gasteiger partial charge is 0.497 e. The predicted octanol–water partition coefficient (Wildman–Crippen LogP) is 4.24. The molecule has 3 heteroatoms. The lowest BCUT2D eigenvalue weighted by Crippen LogP contribution is -2.45. The molecule has 0 spiro atoms. The molecule has 1 fully saturated rings. The highest BCUT2D eigenvalue weighted by Crippen LogP contribution is 2.30. The highest BCUT2D eigenvalue weighted by molar-refractivity contribution is 6.21. The van der Waals surface area contributed by atoms with Crippen molar-refractivity contribution in [2.75, 3.05) is 13.7 Å². The van der Waals surface area contributed by atoms with Crippen LogP contribution in [0.3, 0.4) is 0 Å². The summed E-state index contributed by atoms with van der Waals surface area (Å²) >= 11 is 6.60. The molecule has 2 nitrogen and oxygen atoms in total. The minimum atomic E-state index is 0.0260. The van der Waals surface area contributed by atoms with Crippen LogP contribution in [0.25, 0.3) is 0 Å². The summed E-state index contributed by atoms with van der Waals surface area (Å²) in [5.41, 5.74) is 1.14. The van der Waals surface area contributed by atoms with E-state index in [0.29, 0.717) is 12.1 Å². The molecule has 0 N–H and O–H groups in total. The maximum Gasteiger partial charge on any atom is 0.119 e. The number of halogens is 1. The Bertz CT molecular complexity index is 399. The van der Waals surface area contributed by atoms with Crippen LogP contribution < -0.4 is 4.74 Å². The highest BCUT2D eigenvalue weighted by Gasteiger charge is 2.26. The Morgan fingerprint density at radius 1 is 1.32 bits per heavy atom. The second-order valence-electron chi connectivity index (χ2n) is 5.57. The van der Waals surface area contributed by atoms with E-state index in [-0.39, 0.29) is 5.38 Å². The Balaban J connectivity index is 2.04. The molecule has 1 aliphatic heterocycles. The van der Waals surface area contributed by atoms with Gasteiger partial charge in [0.15, 0.2) is 0 Å². The number of rotatable bonds is 4. The number of likely N-dealkylation sites (tertiary alicyclic amines) is 1. The normalized spacial score (nSPS) is 26.1. The standard InChI is InChI=1S/C16H24ClNO/c1-12-6-4-7-13(2)18(12)11-16(17)14-8-5-9-15(10-14)19-3/h5,8-10,12-13,16H,4,6-7,11H2,1-3H3. The summed E-state index contributed by atoms with van der Waals surface area (Å²) in [5.74, 6) is 0.878. The van der Waals surface area contributed by atoms with Crippen LogP contribution in [0, 0.1) is 0 Å². The monoisotopic (exact) mass is 281 g/mol. The van der Waals surface area contributed by atoms with E-state index in [0.717, 1.165) is 17.9 Å². The zero-order chi connectivity index (χ0) is 13.8. The highest BCUT2D eigenvalue weighted by atomic mass is 35.5. The lowest BCUT2D eigenvalue weighted by molar-refractivity contribution is 0.103. The van der Waals surface area contributed by atoms with Gasteiger partial charge in [0.1, 0.15) is 5.75 Å². The summed E-state index contributed by atoms with van der Waals surface area (Å²) in [6.45, 7) is 5.53. The fourth-order valence-corrected chi connectivity index (χ4v) is 3.26. The molecule has 0 amide bonds. The molecule has 1 aromatic rings. The Labute approximate surface area is 121 Å². The third-order valence-electron chi connectivity index (χ3n) is 4.20. The number of nitrogens with zero attached hydrogens (tertiary/aromatic N) is 1. The van der Waals surface area contributed by atoms with Crippen molar-refractivity contribution in [3.8, 4) is 5.75 Å². The van der Waals surface area contributed by atoms with Gasteiger partial charge >= 0.3 is 0 Å². The molecule has 1 aliphatic rings. The van der Waals surface area contributed by atoms with Gasteiger partial charge in [-0.25, -0.2) is 0 Å². The van der Waals surface area contributed by atoms with Gasteiger partial charge in [-0.2, -0.15) is 0 Å². The van der Waals surface area contributed by atoms with Crippen molar-refractivity contribution in [2.45, 2.75) is 50.6 Å². The summed E-state index contributed by atoms with van der Waals surface area (Å²) in [6.07, 6.45) is 3.91. The first kappa shape index (κ1) is 14.7. The maximum atomic E-state index is 6.60. The van der Waals surface area contributed by atoms with Crippen molar-refractivity contribution in [1.29, 1.82) is 0 Å². The predicted molar refractivity (Wildman–Crippen MR) is 81.1 cm³/mol. The SMILES string of the molecule is COc1cccc(C(Cl)CN2C(C)CCCC2C)c1. The third kappa shape index (κ3) is 3.64. The number of methoxy groups -OCH3 is 1. The van der Waals surface area contributed by atoms with E-state index in [1.807, 2.05) is 18.2 Å². The van der Waals surface area contributed by atoms with Crippen LogP contribution in [-0.4, -0.2) is 30.6 Å². The van der Waals surface area contributed by atoms with Crippen LogP contribution >= 0.6 is 11.6 Å². The molecule has 1 saturated heterocycles. The maximum absolute atomic E-state index is 6.60. The Kier molecular flexibility index (Phi) is 5.12. The molecular formula is C16H24ClNO. The second-order valence-corrected chi connectivity index (χ2v) is 6.10. The van der Waals surface area contributed by atoms with Crippen molar-refractivity contribution in [3.63, 3.8) is 0 Å². The Morgan fingerprint density at radius 3 is 2.63 bits per heavy atom. The van der Waals surface area contributed by atoms with Crippen LogP contribution in [0.1, 0.15) is 44.1 Å². The molecule has 1 heterocycles. The quantitative estimate of drug-likeness (QED) is 0.766. The van der Waals surface area contributed by atoms with E-state index in [2.05, 4.69) is 24.8 Å². The van der Waals surface area contributed by atoms with E-state index in [1.165, 1.54) is 19.3 Å². The number of hydrogen-bond acceptors (Lipinski definition) is 2.